The first-order valence-electron chi connectivity index (χ1n) is 5.24. The van der Waals surface area contributed by atoms with Gasteiger partial charge in [0.05, 0.1) is 12.8 Å². The van der Waals surface area contributed by atoms with Crippen LogP contribution in [0.5, 0.6) is 0 Å². The number of nitrogens with two attached hydrogens (primary N) is 1. The Labute approximate surface area is 85.9 Å². The average molecular weight is 196 g/mol. The number of hydrogen-bond acceptors (Lipinski definition) is 3. The Morgan fingerprint density at radius 2 is 2.21 bits per heavy atom. The van der Waals surface area contributed by atoms with Crippen molar-refractivity contribution in [2.45, 2.75) is 25.8 Å². The standard InChI is InChI=1S/C11H20N2O/c1-13(8-4-2-3-7-12)10-11-6-5-9-14-11/h5-6,9H,2-4,7-8,10,12H2,1H3. The molecule has 0 amide bonds. The summed E-state index contributed by atoms with van der Waals surface area (Å²) in [4.78, 5) is 2.27. The van der Waals surface area contributed by atoms with Gasteiger partial charge in [-0.25, -0.2) is 0 Å². The molecule has 1 heterocycles. The maximum Gasteiger partial charge on any atom is 0.117 e. The minimum atomic E-state index is 0.807. The number of nitrogens with zero attached hydrogens (tertiary/aromatic N) is 1. The van der Waals surface area contributed by atoms with Crippen molar-refractivity contribution in [3.05, 3.63) is 24.2 Å². The molecule has 1 rings (SSSR count). The van der Waals surface area contributed by atoms with Crippen LogP contribution in [-0.2, 0) is 6.54 Å². The van der Waals surface area contributed by atoms with E-state index in [0.29, 0.717) is 0 Å². The van der Waals surface area contributed by atoms with E-state index in [1.807, 2.05) is 12.1 Å². The molecule has 1 aromatic heterocycles. The maximum atomic E-state index is 5.43. The molecular formula is C11H20N2O. The van der Waals surface area contributed by atoms with E-state index in [0.717, 1.165) is 31.8 Å². The van der Waals surface area contributed by atoms with Gasteiger partial charge in [0.2, 0.25) is 0 Å². The van der Waals surface area contributed by atoms with Crippen LogP contribution in [0.4, 0.5) is 0 Å². The number of unbranched alkanes of at least 4 members (excludes halogenated alkanes) is 2. The van der Waals surface area contributed by atoms with Crippen LogP contribution in [0.3, 0.4) is 0 Å². The van der Waals surface area contributed by atoms with Gasteiger partial charge >= 0.3 is 0 Å². The first-order valence-corrected chi connectivity index (χ1v) is 5.24. The van der Waals surface area contributed by atoms with E-state index in [1.165, 1.54) is 12.8 Å². The zero-order valence-corrected chi connectivity index (χ0v) is 8.91. The molecule has 0 unspecified atom stereocenters. The smallest absolute Gasteiger partial charge is 0.117 e. The molecule has 80 valence electrons. The second-order valence-electron chi connectivity index (χ2n) is 3.67. The zero-order valence-electron chi connectivity index (χ0n) is 8.91. The Morgan fingerprint density at radius 1 is 1.36 bits per heavy atom. The lowest BCUT2D eigenvalue weighted by Gasteiger charge is -2.14. The van der Waals surface area contributed by atoms with Crippen LogP contribution in [0.1, 0.15) is 25.0 Å². The SMILES string of the molecule is CN(CCCCCN)Cc1ccco1. The van der Waals surface area contributed by atoms with Gasteiger partial charge in [0.25, 0.3) is 0 Å². The normalized spacial score (nSPS) is 11.1. The summed E-state index contributed by atoms with van der Waals surface area (Å²) < 4.78 is 5.27. The molecule has 0 aliphatic carbocycles. The third-order valence-electron chi connectivity index (χ3n) is 2.25. The molecule has 14 heavy (non-hydrogen) atoms. The van der Waals surface area contributed by atoms with Gasteiger partial charge in [0.15, 0.2) is 0 Å². The Kier molecular flexibility index (Phi) is 5.33. The average Bonchev–Trinajstić information content (AvgIpc) is 2.65. The molecule has 0 atom stereocenters. The highest BCUT2D eigenvalue weighted by Gasteiger charge is 2.01. The highest BCUT2D eigenvalue weighted by Crippen LogP contribution is 2.05. The van der Waals surface area contributed by atoms with Crippen LogP contribution in [0, 0.1) is 0 Å². The van der Waals surface area contributed by atoms with Gasteiger partial charge < -0.3 is 10.2 Å². The van der Waals surface area contributed by atoms with Gasteiger partial charge in [-0.15, -0.1) is 0 Å². The van der Waals surface area contributed by atoms with Crippen molar-refractivity contribution in [3.8, 4) is 0 Å². The molecule has 0 aromatic carbocycles. The summed E-state index contributed by atoms with van der Waals surface area (Å²) in [7, 11) is 2.12. The van der Waals surface area contributed by atoms with Crippen LogP contribution < -0.4 is 5.73 Å². The van der Waals surface area contributed by atoms with Crippen molar-refractivity contribution in [2.24, 2.45) is 5.73 Å². The number of furan rings is 1. The van der Waals surface area contributed by atoms with Gasteiger partial charge in [-0.05, 0) is 45.1 Å². The molecule has 3 heteroatoms. The molecule has 0 saturated carbocycles. The number of rotatable bonds is 7. The summed E-state index contributed by atoms with van der Waals surface area (Å²) in [6.07, 6.45) is 5.29. The number of hydrogen-bond donors (Lipinski definition) is 1. The van der Waals surface area contributed by atoms with Gasteiger partial charge in [-0.2, -0.15) is 0 Å². The van der Waals surface area contributed by atoms with E-state index in [2.05, 4.69) is 11.9 Å². The van der Waals surface area contributed by atoms with Gasteiger partial charge in [0, 0.05) is 0 Å². The van der Waals surface area contributed by atoms with Gasteiger partial charge in [-0.3, -0.25) is 4.90 Å². The van der Waals surface area contributed by atoms with Gasteiger partial charge in [0.1, 0.15) is 5.76 Å². The van der Waals surface area contributed by atoms with Crippen molar-refractivity contribution in [2.75, 3.05) is 20.1 Å². The second-order valence-corrected chi connectivity index (χ2v) is 3.67. The Balaban J connectivity index is 2.07. The summed E-state index contributed by atoms with van der Waals surface area (Å²) in [6, 6.07) is 3.94. The molecule has 0 spiro atoms. The molecule has 0 aliphatic heterocycles. The minimum Gasteiger partial charge on any atom is -0.468 e. The summed E-state index contributed by atoms with van der Waals surface area (Å²) >= 11 is 0. The van der Waals surface area contributed by atoms with Crippen LogP contribution in [0.2, 0.25) is 0 Å². The van der Waals surface area contributed by atoms with Crippen LogP contribution in [-0.4, -0.2) is 25.0 Å². The van der Waals surface area contributed by atoms with E-state index in [9.17, 15) is 0 Å². The summed E-state index contributed by atoms with van der Waals surface area (Å²) in [6.45, 7) is 2.82. The molecule has 0 aliphatic rings. The predicted octanol–water partition coefficient (Wildman–Crippen LogP) is 1.84. The van der Waals surface area contributed by atoms with Crippen LogP contribution >= 0.6 is 0 Å². The molecular weight excluding hydrogens is 176 g/mol. The lowest BCUT2D eigenvalue weighted by Crippen LogP contribution is -2.18. The molecule has 1 aromatic rings. The van der Waals surface area contributed by atoms with Crippen LogP contribution in [0.25, 0.3) is 0 Å². The minimum absolute atomic E-state index is 0.807. The summed E-state index contributed by atoms with van der Waals surface area (Å²) in [5, 5.41) is 0. The third kappa shape index (κ3) is 4.44. The fraction of sp³-hybridized carbons (Fsp3) is 0.636. The van der Waals surface area contributed by atoms with E-state index < -0.39 is 0 Å². The Morgan fingerprint density at radius 3 is 2.86 bits per heavy atom. The third-order valence-corrected chi connectivity index (χ3v) is 2.25. The van der Waals surface area contributed by atoms with E-state index in [-0.39, 0.29) is 0 Å². The van der Waals surface area contributed by atoms with E-state index in [1.54, 1.807) is 6.26 Å². The fourth-order valence-electron chi connectivity index (χ4n) is 1.45. The highest BCUT2D eigenvalue weighted by atomic mass is 16.3. The summed E-state index contributed by atoms with van der Waals surface area (Å²) in [5.74, 6) is 1.03. The van der Waals surface area contributed by atoms with Crippen molar-refractivity contribution < 1.29 is 4.42 Å². The van der Waals surface area contributed by atoms with Crippen LogP contribution in [0.15, 0.2) is 22.8 Å². The fourth-order valence-corrected chi connectivity index (χ4v) is 1.45. The lowest BCUT2D eigenvalue weighted by molar-refractivity contribution is 0.288. The highest BCUT2D eigenvalue weighted by molar-refractivity contribution is 4.97. The molecule has 0 saturated heterocycles. The predicted molar refractivity (Wildman–Crippen MR) is 57.9 cm³/mol. The summed E-state index contributed by atoms with van der Waals surface area (Å²) in [5.41, 5.74) is 5.43. The lowest BCUT2D eigenvalue weighted by atomic mass is 10.2. The zero-order chi connectivity index (χ0) is 10.2. The Hall–Kier alpha value is -0.800. The van der Waals surface area contributed by atoms with E-state index in [4.69, 9.17) is 10.2 Å². The van der Waals surface area contributed by atoms with Crippen molar-refractivity contribution in [1.29, 1.82) is 0 Å². The largest absolute Gasteiger partial charge is 0.468 e. The monoisotopic (exact) mass is 196 g/mol. The molecule has 3 nitrogen and oxygen atoms in total. The topological polar surface area (TPSA) is 42.4 Å². The molecule has 0 fully saturated rings. The first kappa shape index (κ1) is 11.3. The molecule has 0 radical (unpaired) electrons. The second kappa shape index (κ2) is 6.62. The van der Waals surface area contributed by atoms with Gasteiger partial charge in [-0.1, -0.05) is 6.42 Å². The molecule has 0 bridgehead atoms. The quantitative estimate of drug-likeness (QED) is 0.677. The van der Waals surface area contributed by atoms with E-state index >= 15 is 0 Å². The van der Waals surface area contributed by atoms with Crippen molar-refractivity contribution >= 4 is 0 Å². The molecule has 2 N–H and O–H groups in total. The van der Waals surface area contributed by atoms with Crippen molar-refractivity contribution in [3.63, 3.8) is 0 Å². The Bertz CT molecular complexity index is 221. The van der Waals surface area contributed by atoms with Crippen molar-refractivity contribution in [1.82, 2.24) is 4.90 Å². The maximum absolute atomic E-state index is 5.43. The first-order chi connectivity index (χ1) is 6.83.